The maximum atomic E-state index is 14.5. The van der Waals surface area contributed by atoms with Crippen LogP contribution < -0.4 is 20.5 Å². The van der Waals surface area contributed by atoms with Crippen molar-refractivity contribution in [2.75, 3.05) is 4.90 Å². The van der Waals surface area contributed by atoms with Crippen LogP contribution in [0.2, 0.25) is 0 Å². The third kappa shape index (κ3) is 4.36. The van der Waals surface area contributed by atoms with E-state index in [1.54, 1.807) is 11.8 Å². The molecule has 2 aromatic heterocycles. The Morgan fingerprint density at radius 1 is 0.549 bits per heavy atom. The van der Waals surface area contributed by atoms with Gasteiger partial charge in [0.25, 0.3) is 0 Å². The number of pyridine rings is 2. The topological polar surface area (TPSA) is 51.0 Å². The molecule has 10 rings (SSSR count). The molecule has 5 nitrogen and oxygen atoms in total. The molecule has 0 bridgehead atoms. The minimum atomic E-state index is -0.129. The number of para-hydroxylation sites is 2. The van der Waals surface area contributed by atoms with E-state index in [1.807, 2.05) is 66.7 Å². The largest absolute Gasteiger partial charge is 0.457 e. The summed E-state index contributed by atoms with van der Waals surface area (Å²) in [7, 11) is 0. The zero-order valence-electron chi connectivity index (χ0n) is 28.2. The molecular weight excluding hydrogens is 649 g/mol. The number of nitrogens with zero attached hydrogens (tertiary/aromatic N) is 2. The zero-order valence-corrected chi connectivity index (χ0v) is 29.0. The van der Waals surface area contributed by atoms with E-state index in [0.717, 1.165) is 54.4 Å². The van der Waals surface area contributed by atoms with Crippen LogP contribution in [0.15, 0.2) is 147 Å². The van der Waals surface area contributed by atoms with Crippen LogP contribution >= 0.6 is 11.8 Å². The molecule has 0 N–H and O–H groups in total. The fraction of sp³-hybridized carbons (Fsp3) is 0.0667. The highest BCUT2D eigenvalue weighted by Gasteiger charge is 2.29. The Hall–Kier alpha value is -6.11. The first-order chi connectivity index (χ1) is 24.9. The Labute approximate surface area is 297 Å². The second-order valence-corrected chi connectivity index (χ2v) is 14.5. The first-order valence-electron chi connectivity index (χ1n) is 17.0. The number of fused-ring (bicyclic) bond motifs is 7. The SMILES string of the molecule is Cc1cc(C)c(N2c3ccccc3Sc3cc4c(cc32)c(=O)c2cccc3c(=O)c5cc(Oc6cccc7ccccc67)ccc5n4c32)c(C)c1. The van der Waals surface area contributed by atoms with Gasteiger partial charge in [-0.3, -0.25) is 9.59 Å². The predicted molar refractivity (Wildman–Crippen MR) is 211 cm³/mol. The van der Waals surface area contributed by atoms with E-state index in [9.17, 15) is 9.59 Å². The fourth-order valence-corrected chi connectivity index (χ4v) is 9.18. The quantitative estimate of drug-likeness (QED) is 0.137. The van der Waals surface area contributed by atoms with Crippen LogP contribution in [0, 0.1) is 20.8 Å². The number of hydrogen-bond donors (Lipinski definition) is 0. The normalized spacial score (nSPS) is 12.6. The average Bonchev–Trinajstić information content (AvgIpc) is 3.13. The maximum absolute atomic E-state index is 14.5. The Morgan fingerprint density at radius 3 is 2.02 bits per heavy atom. The molecule has 0 unspecified atom stereocenters. The van der Waals surface area contributed by atoms with Crippen LogP contribution in [0.5, 0.6) is 11.5 Å². The first kappa shape index (κ1) is 29.8. The van der Waals surface area contributed by atoms with E-state index in [1.165, 1.54) is 16.7 Å². The summed E-state index contributed by atoms with van der Waals surface area (Å²) >= 11 is 1.71. The van der Waals surface area contributed by atoms with E-state index in [4.69, 9.17) is 4.74 Å². The highest BCUT2D eigenvalue weighted by Crippen LogP contribution is 2.53. The smallest absolute Gasteiger partial charge is 0.197 e. The number of aromatic nitrogens is 1. The average molecular weight is 679 g/mol. The number of ether oxygens (including phenoxy) is 1. The molecule has 7 aromatic carbocycles. The van der Waals surface area contributed by atoms with Crippen molar-refractivity contribution in [3.8, 4) is 11.5 Å². The molecule has 0 radical (unpaired) electrons. The van der Waals surface area contributed by atoms with Crippen LogP contribution in [0.1, 0.15) is 16.7 Å². The molecule has 0 amide bonds. The lowest BCUT2D eigenvalue weighted by molar-refractivity contribution is 0.489. The van der Waals surface area contributed by atoms with Crippen LogP contribution in [0.25, 0.3) is 48.9 Å². The van der Waals surface area contributed by atoms with Gasteiger partial charge in [-0.15, -0.1) is 0 Å². The van der Waals surface area contributed by atoms with E-state index >= 15 is 0 Å². The van der Waals surface area contributed by atoms with Crippen LogP contribution in [0.3, 0.4) is 0 Å². The van der Waals surface area contributed by atoms with Gasteiger partial charge >= 0.3 is 0 Å². The molecule has 0 fully saturated rings. The summed E-state index contributed by atoms with van der Waals surface area (Å²) in [4.78, 5) is 33.2. The number of hydrogen-bond acceptors (Lipinski definition) is 5. The maximum Gasteiger partial charge on any atom is 0.197 e. The summed E-state index contributed by atoms with van der Waals surface area (Å²) in [5, 5.41) is 4.23. The summed E-state index contributed by atoms with van der Waals surface area (Å²) in [5.74, 6) is 1.30. The highest BCUT2D eigenvalue weighted by molar-refractivity contribution is 7.99. The molecule has 1 aliphatic heterocycles. The Balaban J connectivity index is 1.26. The van der Waals surface area contributed by atoms with Gasteiger partial charge in [0.1, 0.15) is 11.5 Å². The summed E-state index contributed by atoms with van der Waals surface area (Å²) in [5.41, 5.74) is 8.63. The van der Waals surface area contributed by atoms with Gasteiger partial charge in [0.15, 0.2) is 10.9 Å². The van der Waals surface area contributed by atoms with Gasteiger partial charge in [-0.25, -0.2) is 0 Å². The zero-order chi connectivity index (χ0) is 34.5. The van der Waals surface area contributed by atoms with E-state index in [2.05, 4.69) is 90.7 Å². The number of anilines is 3. The van der Waals surface area contributed by atoms with Gasteiger partial charge in [-0.05, 0) is 97.9 Å². The molecule has 1 aliphatic rings. The van der Waals surface area contributed by atoms with E-state index < -0.39 is 0 Å². The third-order valence-electron chi connectivity index (χ3n) is 10.2. The summed E-state index contributed by atoms with van der Waals surface area (Å²) in [6.07, 6.45) is 0. The van der Waals surface area contributed by atoms with Crippen molar-refractivity contribution >= 4 is 77.7 Å². The molecule has 9 aromatic rings. The van der Waals surface area contributed by atoms with Gasteiger partial charge in [-0.1, -0.05) is 84.1 Å². The van der Waals surface area contributed by atoms with Gasteiger partial charge in [0.2, 0.25) is 0 Å². The molecular formula is C45H30N2O3S. The number of aryl methyl sites for hydroxylation is 3. The van der Waals surface area contributed by atoms with Crippen molar-refractivity contribution in [3.63, 3.8) is 0 Å². The van der Waals surface area contributed by atoms with Gasteiger partial charge in [-0.2, -0.15) is 0 Å². The summed E-state index contributed by atoms with van der Waals surface area (Å²) < 4.78 is 8.55. The second-order valence-electron chi connectivity index (χ2n) is 13.4. The second kappa shape index (κ2) is 10.9. The van der Waals surface area contributed by atoms with Gasteiger partial charge in [0.05, 0.1) is 39.0 Å². The van der Waals surface area contributed by atoms with E-state index in [0.29, 0.717) is 32.8 Å². The summed E-state index contributed by atoms with van der Waals surface area (Å²) in [6, 6.07) is 42.3. The lowest BCUT2D eigenvalue weighted by Crippen LogP contribution is -2.19. The van der Waals surface area contributed by atoms with Crippen LogP contribution in [0.4, 0.5) is 17.1 Å². The molecule has 0 atom stereocenters. The molecule has 51 heavy (non-hydrogen) atoms. The first-order valence-corrected chi connectivity index (χ1v) is 17.8. The standard InChI is InChI=1S/C45H30N2O3S/c1-25-20-26(2)42(27(3)21-25)47-36-15-6-7-17-40(36)51-41-24-37-34(23-38(41)47)45(49)32-14-9-13-31-43(32)46(37)35-19-18-29(22-33(35)44(31)48)50-39-16-8-11-28-10-4-5-12-30(28)39/h4-24H,1-3H3. The van der Waals surface area contributed by atoms with Crippen LogP contribution in [-0.2, 0) is 0 Å². The minimum absolute atomic E-state index is 0.0887. The molecule has 0 saturated carbocycles. The molecule has 0 aliphatic carbocycles. The Bertz CT molecular complexity index is 3050. The van der Waals surface area contributed by atoms with Crippen molar-refractivity contribution in [1.82, 2.24) is 4.40 Å². The molecule has 0 saturated heterocycles. The summed E-state index contributed by atoms with van der Waals surface area (Å²) in [6.45, 7) is 6.43. The lowest BCUT2D eigenvalue weighted by Gasteiger charge is -2.35. The predicted octanol–water partition coefficient (Wildman–Crippen LogP) is 11.4. The minimum Gasteiger partial charge on any atom is -0.457 e. The van der Waals surface area contributed by atoms with Gasteiger partial charge < -0.3 is 14.0 Å². The van der Waals surface area contributed by atoms with E-state index in [-0.39, 0.29) is 10.9 Å². The molecule has 3 heterocycles. The third-order valence-corrected chi connectivity index (χ3v) is 11.3. The van der Waals surface area contributed by atoms with Crippen LogP contribution in [-0.4, -0.2) is 4.40 Å². The van der Waals surface area contributed by atoms with Crippen molar-refractivity contribution in [2.45, 2.75) is 30.6 Å². The lowest BCUT2D eigenvalue weighted by atomic mass is 10.0. The monoisotopic (exact) mass is 678 g/mol. The molecule has 0 spiro atoms. The highest BCUT2D eigenvalue weighted by atomic mass is 32.2. The molecule has 6 heteroatoms. The van der Waals surface area contributed by atoms with Crippen molar-refractivity contribution in [3.05, 3.63) is 165 Å². The van der Waals surface area contributed by atoms with Crippen molar-refractivity contribution in [2.24, 2.45) is 0 Å². The fourth-order valence-electron chi connectivity index (χ4n) is 8.10. The van der Waals surface area contributed by atoms with Gasteiger partial charge in [0, 0.05) is 31.3 Å². The van der Waals surface area contributed by atoms with Crippen molar-refractivity contribution < 1.29 is 4.74 Å². The Kier molecular flexibility index (Phi) is 6.39. The molecule has 244 valence electrons. The number of benzene rings is 7. The van der Waals surface area contributed by atoms with Crippen molar-refractivity contribution in [1.29, 1.82) is 0 Å². The number of rotatable bonds is 3. The Morgan fingerprint density at radius 2 is 1.22 bits per heavy atom.